The maximum atomic E-state index is 5.88. The Hall–Kier alpha value is -1.36. The summed E-state index contributed by atoms with van der Waals surface area (Å²) in [5.41, 5.74) is 5.51. The van der Waals surface area contributed by atoms with Crippen LogP contribution >= 0.6 is 15.9 Å². The van der Waals surface area contributed by atoms with Crippen LogP contribution in [0.4, 0.5) is 0 Å². The number of rotatable bonds is 4. The van der Waals surface area contributed by atoms with E-state index in [1.165, 1.54) is 11.1 Å². The molecule has 4 heteroatoms. The van der Waals surface area contributed by atoms with E-state index in [1.807, 2.05) is 18.2 Å². The number of fused-ring (bicyclic) bond motifs is 1. The third kappa shape index (κ3) is 3.46. The van der Waals surface area contributed by atoms with Crippen molar-refractivity contribution in [2.45, 2.75) is 18.9 Å². The molecule has 0 bridgehead atoms. The average molecular weight is 347 g/mol. The van der Waals surface area contributed by atoms with Crippen molar-refractivity contribution in [3.05, 3.63) is 64.1 Å². The van der Waals surface area contributed by atoms with Crippen LogP contribution in [-0.2, 0) is 12.8 Å². The standard InChI is InChI=1S/C17H19BrN2O/c18-15-6-3-4-12(8-15)9-16(20-19)14-10-13-5-1-2-7-17(13)21-11-14/h1-8,14,16,20H,9-11,19H2. The summed E-state index contributed by atoms with van der Waals surface area (Å²) in [6.07, 6.45) is 1.89. The van der Waals surface area contributed by atoms with Gasteiger partial charge in [-0.25, -0.2) is 0 Å². The molecule has 0 spiro atoms. The lowest BCUT2D eigenvalue weighted by atomic mass is 9.87. The Kier molecular flexibility index (Phi) is 4.58. The fourth-order valence-corrected chi connectivity index (χ4v) is 3.34. The Morgan fingerprint density at radius 3 is 2.90 bits per heavy atom. The normalized spacial score (nSPS) is 18.7. The molecule has 2 unspecified atom stereocenters. The fraction of sp³-hybridized carbons (Fsp3) is 0.294. The number of nitrogens with two attached hydrogens (primary N) is 1. The molecule has 0 amide bonds. The largest absolute Gasteiger partial charge is 0.493 e. The Bertz CT molecular complexity index is 617. The van der Waals surface area contributed by atoms with Gasteiger partial charge in [-0.05, 0) is 42.2 Å². The van der Waals surface area contributed by atoms with Gasteiger partial charge in [0.1, 0.15) is 5.75 Å². The summed E-state index contributed by atoms with van der Waals surface area (Å²) in [6.45, 7) is 0.708. The molecule has 1 aliphatic rings. The van der Waals surface area contributed by atoms with Crippen molar-refractivity contribution >= 4 is 15.9 Å². The molecule has 0 fully saturated rings. The number of nitrogens with one attached hydrogen (secondary N) is 1. The van der Waals surface area contributed by atoms with Crippen molar-refractivity contribution in [3.8, 4) is 5.75 Å². The number of hydrogen-bond acceptors (Lipinski definition) is 3. The molecule has 3 N–H and O–H groups in total. The second-order valence-corrected chi connectivity index (χ2v) is 6.41. The minimum Gasteiger partial charge on any atom is -0.493 e. The van der Waals surface area contributed by atoms with Gasteiger partial charge in [0, 0.05) is 16.4 Å². The molecular weight excluding hydrogens is 328 g/mol. The summed E-state index contributed by atoms with van der Waals surface area (Å²) in [6, 6.07) is 16.8. The van der Waals surface area contributed by atoms with E-state index in [2.05, 4.69) is 51.7 Å². The average Bonchev–Trinajstić information content (AvgIpc) is 2.52. The van der Waals surface area contributed by atoms with Crippen molar-refractivity contribution in [1.29, 1.82) is 0 Å². The highest BCUT2D eigenvalue weighted by molar-refractivity contribution is 9.10. The summed E-state index contributed by atoms with van der Waals surface area (Å²) in [4.78, 5) is 0. The predicted molar refractivity (Wildman–Crippen MR) is 88.1 cm³/mol. The van der Waals surface area contributed by atoms with Crippen LogP contribution in [0.5, 0.6) is 5.75 Å². The summed E-state index contributed by atoms with van der Waals surface area (Å²) >= 11 is 3.52. The van der Waals surface area contributed by atoms with Crippen LogP contribution in [-0.4, -0.2) is 12.6 Å². The van der Waals surface area contributed by atoms with E-state index in [1.54, 1.807) is 0 Å². The third-order valence-corrected chi connectivity index (χ3v) is 4.53. The molecule has 0 aliphatic carbocycles. The molecule has 1 heterocycles. The zero-order valence-electron chi connectivity index (χ0n) is 11.8. The maximum Gasteiger partial charge on any atom is 0.122 e. The van der Waals surface area contributed by atoms with E-state index in [0.717, 1.165) is 23.1 Å². The third-order valence-electron chi connectivity index (χ3n) is 4.04. The van der Waals surface area contributed by atoms with Gasteiger partial charge in [0.05, 0.1) is 6.61 Å². The molecule has 110 valence electrons. The molecule has 3 nitrogen and oxygen atoms in total. The SMILES string of the molecule is NNC(Cc1cccc(Br)c1)C1COc2ccccc2C1. The fourth-order valence-electron chi connectivity index (χ4n) is 2.89. The Morgan fingerprint density at radius 2 is 2.10 bits per heavy atom. The molecule has 2 aromatic carbocycles. The van der Waals surface area contributed by atoms with Gasteiger partial charge in [-0.15, -0.1) is 0 Å². The van der Waals surface area contributed by atoms with Crippen LogP contribution in [0.15, 0.2) is 53.0 Å². The molecule has 1 aliphatic heterocycles. The second kappa shape index (κ2) is 6.60. The van der Waals surface area contributed by atoms with Crippen LogP contribution < -0.4 is 16.0 Å². The van der Waals surface area contributed by atoms with Gasteiger partial charge in [-0.3, -0.25) is 11.3 Å². The predicted octanol–water partition coefficient (Wildman–Crippen LogP) is 3.07. The van der Waals surface area contributed by atoms with Gasteiger partial charge < -0.3 is 4.74 Å². The lowest BCUT2D eigenvalue weighted by Crippen LogP contribution is -2.46. The first-order valence-electron chi connectivity index (χ1n) is 7.17. The summed E-state index contributed by atoms with van der Waals surface area (Å²) in [7, 11) is 0. The topological polar surface area (TPSA) is 47.3 Å². The lowest BCUT2D eigenvalue weighted by Gasteiger charge is -2.31. The van der Waals surface area contributed by atoms with Gasteiger partial charge in [0.15, 0.2) is 0 Å². The quantitative estimate of drug-likeness (QED) is 0.660. The Labute approximate surface area is 133 Å². The molecule has 0 saturated heterocycles. The molecule has 2 aromatic rings. The summed E-state index contributed by atoms with van der Waals surface area (Å²) < 4.78 is 6.97. The maximum absolute atomic E-state index is 5.88. The van der Waals surface area contributed by atoms with E-state index in [0.29, 0.717) is 12.5 Å². The Morgan fingerprint density at radius 1 is 1.24 bits per heavy atom. The smallest absolute Gasteiger partial charge is 0.122 e. The second-order valence-electron chi connectivity index (χ2n) is 5.49. The number of halogens is 1. The van der Waals surface area contributed by atoms with E-state index in [-0.39, 0.29) is 6.04 Å². The number of para-hydroxylation sites is 1. The van der Waals surface area contributed by atoms with Crippen molar-refractivity contribution in [3.63, 3.8) is 0 Å². The van der Waals surface area contributed by atoms with E-state index in [9.17, 15) is 0 Å². The number of ether oxygens (including phenoxy) is 1. The van der Waals surface area contributed by atoms with Crippen molar-refractivity contribution in [2.75, 3.05) is 6.61 Å². The first-order valence-corrected chi connectivity index (χ1v) is 7.97. The van der Waals surface area contributed by atoms with Crippen LogP contribution in [0.1, 0.15) is 11.1 Å². The van der Waals surface area contributed by atoms with Gasteiger partial charge in [-0.1, -0.05) is 46.3 Å². The molecule has 21 heavy (non-hydrogen) atoms. The van der Waals surface area contributed by atoms with Crippen LogP contribution in [0.2, 0.25) is 0 Å². The number of hydrogen-bond donors (Lipinski definition) is 2. The van der Waals surface area contributed by atoms with Gasteiger partial charge in [-0.2, -0.15) is 0 Å². The van der Waals surface area contributed by atoms with E-state index in [4.69, 9.17) is 10.6 Å². The van der Waals surface area contributed by atoms with Gasteiger partial charge in [0.25, 0.3) is 0 Å². The molecule has 0 saturated carbocycles. The molecule has 3 rings (SSSR count). The molecule has 0 aromatic heterocycles. The van der Waals surface area contributed by atoms with Crippen LogP contribution in [0.3, 0.4) is 0 Å². The zero-order valence-corrected chi connectivity index (χ0v) is 13.3. The monoisotopic (exact) mass is 346 g/mol. The van der Waals surface area contributed by atoms with Crippen LogP contribution in [0.25, 0.3) is 0 Å². The molecule has 0 radical (unpaired) electrons. The van der Waals surface area contributed by atoms with E-state index < -0.39 is 0 Å². The lowest BCUT2D eigenvalue weighted by molar-refractivity contribution is 0.183. The first kappa shape index (κ1) is 14.6. The van der Waals surface area contributed by atoms with Crippen molar-refractivity contribution in [1.82, 2.24) is 5.43 Å². The molecular formula is C17H19BrN2O. The van der Waals surface area contributed by atoms with Crippen molar-refractivity contribution in [2.24, 2.45) is 11.8 Å². The summed E-state index contributed by atoms with van der Waals surface area (Å²) in [5.74, 6) is 7.18. The zero-order chi connectivity index (χ0) is 14.7. The van der Waals surface area contributed by atoms with E-state index >= 15 is 0 Å². The number of benzene rings is 2. The minimum absolute atomic E-state index is 0.202. The molecule has 2 atom stereocenters. The first-order chi connectivity index (χ1) is 10.3. The summed E-state index contributed by atoms with van der Waals surface area (Å²) in [5, 5.41) is 0. The van der Waals surface area contributed by atoms with Crippen LogP contribution in [0, 0.1) is 5.92 Å². The highest BCUT2D eigenvalue weighted by Gasteiger charge is 2.26. The Balaban J connectivity index is 1.73. The highest BCUT2D eigenvalue weighted by Crippen LogP contribution is 2.29. The van der Waals surface area contributed by atoms with Gasteiger partial charge >= 0.3 is 0 Å². The number of hydrazine groups is 1. The van der Waals surface area contributed by atoms with Gasteiger partial charge in [0.2, 0.25) is 0 Å². The highest BCUT2D eigenvalue weighted by atomic mass is 79.9. The minimum atomic E-state index is 0.202. The van der Waals surface area contributed by atoms with Crippen molar-refractivity contribution < 1.29 is 4.74 Å².